The molecule has 0 spiro atoms. The minimum absolute atomic E-state index is 0.0593. The van der Waals surface area contributed by atoms with Crippen molar-refractivity contribution in [1.82, 2.24) is 4.98 Å². The first-order chi connectivity index (χ1) is 13.1. The third-order valence-electron chi connectivity index (χ3n) is 3.96. The summed E-state index contributed by atoms with van der Waals surface area (Å²) in [6, 6.07) is 13.0. The van der Waals surface area contributed by atoms with Crippen LogP contribution in [0.3, 0.4) is 0 Å². The van der Waals surface area contributed by atoms with Crippen molar-refractivity contribution in [3.63, 3.8) is 0 Å². The van der Waals surface area contributed by atoms with Gasteiger partial charge in [-0.05, 0) is 36.4 Å². The van der Waals surface area contributed by atoms with Crippen molar-refractivity contribution in [2.75, 3.05) is 12.0 Å². The molecule has 0 bridgehead atoms. The number of thiophene rings is 1. The van der Waals surface area contributed by atoms with Crippen molar-refractivity contribution in [2.45, 2.75) is 13.0 Å². The van der Waals surface area contributed by atoms with Crippen molar-refractivity contribution >= 4 is 55.5 Å². The second kappa shape index (κ2) is 7.72. The number of benzene rings is 1. The Kier molecular flexibility index (Phi) is 5.15. The lowest BCUT2D eigenvalue weighted by molar-refractivity contribution is -0.118. The first-order valence-corrected chi connectivity index (χ1v) is 10.1. The Morgan fingerprint density at radius 1 is 1.26 bits per heavy atom. The number of hydrogen-bond donors (Lipinski definition) is 0. The van der Waals surface area contributed by atoms with Crippen molar-refractivity contribution in [3.8, 4) is 5.75 Å². The van der Waals surface area contributed by atoms with Gasteiger partial charge in [-0.3, -0.25) is 9.69 Å². The van der Waals surface area contributed by atoms with E-state index in [0.717, 1.165) is 20.8 Å². The lowest BCUT2D eigenvalue weighted by Crippen LogP contribution is -2.31. The highest BCUT2D eigenvalue weighted by Gasteiger charge is 2.22. The van der Waals surface area contributed by atoms with Crippen molar-refractivity contribution < 1.29 is 13.9 Å². The van der Waals surface area contributed by atoms with Crippen LogP contribution in [0, 0.1) is 0 Å². The molecule has 0 N–H and O–H groups in total. The maximum Gasteiger partial charge on any atom is 0.234 e. The zero-order valence-corrected chi connectivity index (χ0v) is 16.7. The van der Waals surface area contributed by atoms with Crippen molar-refractivity contribution in [3.05, 3.63) is 63.7 Å². The van der Waals surface area contributed by atoms with Crippen LogP contribution in [0.25, 0.3) is 10.2 Å². The summed E-state index contributed by atoms with van der Waals surface area (Å²) in [6.45, 7) is 0.321. The molecule has 27 heavy (non-hydrogen) atoms. The summed E-state index contributed by atoms with van der Waals surface area (Å²) in [7, 11) is 1.62. The molecule has 0 aliphatic heterocycles. The summed E-state index contributed by atoms with van der Waals surface area (Å²) in [5, 5.41) is 0.627. The van der Waals surface area contributed by atoms with Crippen LogP contribution in [0.5, 0.6) is 5.75 Å². The highest BCUT2D eigenvalue weighted by atomic mass is 35.5. The summed E-state index contributed by atoms with van der Waals surface area (Å²) in [6.07, 6.45) is 1.86. The van der Waals surface area contributed by atoms with E-state index in [1.165, 1.54) is 22.7 Å². The zero-order valence-electron chi connectivity index (χ0n) is 14.3. The number of amides is 1. The number of hydrogen-bond acceptors (Lipinski definition) is 6. The molecule has 4 rings (SSSR count). The number of aromatic nitrogens is 1. The Morgan fingerprint density at radius 2 is 2.15 bits per heavy atom. The zero-order chi connectivity index (χ0) is 18.8. The third kappa shape index (κ3) is 4.00. The Hall–Kier alpha value is -2.35. The minimum atomic E-state index is -0.0593. The topological polar surface area (TPSA) is 55.6 Å². The van der Waals surface area contributed by atoms with Gasteiger partial charge >= 0.3 is 0 Å². The van der Waals surface area contributed by atoms with Crippen LogP contribution in [0.4, 0.5) is 5.13 Å². The number of anilines is 1. The number of ether oxygens (including phenoxy) is 1. The first-order valence-electron chi connectivity index (χ1n) is 8.14. The Morgan fingerprint density at radius 3 is 2.85 bits per heavy atom. The molecule has 0 unspecified atom stereocenters. The molecule has 0 saturated carbocycles. The van der Waals surface area contributed by atoms with Crippen LogP contribution in [-0.2, 0) is 17.8 Å². The summed E-state index contributed by atoms with van der Waals surface area (Å²) in [5.74, 6) is 1.37. The lowest BCUT2D eigenvalue weighted by Gasteiger charge is -2.18. The second-order valence-electron chi connectivity index (χ2n) is 5.77. The fraction of sp³-hybridized carbons (Fsp3) is 0.158. The van der Waals surface area contributed by atoms with E-state index in [9.17, 15) is 4.79 Å². The largest absolute Gasteiger partial charge is 0.497 e. The highest BCUT2D eigenvalue weighted by Crippen LogP contribution is 2.33. The quantitative estimate of drug-likeness (QED) is 0.421. The van der Waals surface area contributed by atoms with Gasteiger partial charge in [0.15, 0.2) is 5.13 Å². The molecular formula is C19H15ClN2O3S2. The van der Waals surface area contributed by atoms with E-state index in [2.05, 4.69) is 4.98 Å². The highest BCUT2D eigenvalue weighted by molar-refractivity contribution is 7.22. The molecule has 3 heterocycles. The smallest absolute Gasteiger partial charge is 0.234 e. The maximum atomic E-state index is 13.0. The number of rotatable bonds is 6. The molecule has 0 radical (unpaired) electrons. The van der Waals surface area contributed by atoms with Gasteiger partial charge in [0.25, 0.3) is 0 Å². The summed E-state index contributed by atoms with van der Waals surface area (Å²) >= 11 is 8.87. The second-order valence-corrected chi connectivity index (χ2v) is 8.58. The number of fused-ring (bicyclic) bond motifs is 1. The number of methoxy groups -OCH3 is 1. The Balaban J connectivity index is 1.67. The molecule has 5 nitrogen and oxygen atoms in total. The molecule has 138 valence electrons. The van der Waals surface area contributed by atoms with Gasteiger partial charge in [0.1, 0.15) is 11.5 Å². The summed E-state index contributed by atoms with van der Waals surface area (Å²) < 4.78 is 12.4. The number of halogens is 1. The minimum Gasteiger partial charge on any atom is -0.497 e. The van der Waals surface area contributed by atoms with E-state index >= 15 is 0 Å². The predicted molar refractivity (Wildman–Crippen MR) is 109 cm³/mol. The van der Waals surface area contributed by atoms with Crippen LogP contribution in [0.1, 0.15) is 10.6 Å². The number of thiazole rings is 1. The fourth-order valence-electron chi connectivity index (χ4n) is 2.65. The van der Waals surface area contributed by atoms with Gasteiger partial charge < -0.3 is 9.15 Å². The van der Waals surface area contributed by atoms with Gasteiger partial charge in [-0.15, -0.1) is 11.3 Å². The van der Waals surface area contributed by atoms with Crippen LogP contribution >= 0.6 is 34.3 Å². The van der Waals surface area contributed by atoms with Crippen LogP contribution in [-0.4, -0.2) is 18.0 Å². The molecule has 1 aromatic carbocycles. The van der Waals surface area contributed by atoms with Crippen molar-refractivity contribution in [2.24, 2.45) is 0 Å². The first kappa shape index (κ1) is 18.0. The fourth-order valence-corrected chi connectivity index (χ4v) is 4.69. The van der Waals surface area contributed by atoms with E-state index in [1.54, 1.807) is 30.4 Å². The standard InChI is InChI=1S/C19H15ClN2O3S2/c1-24-12-4-6-16-15(9-12)21-19(27-16)22(11-13-3-2-8-25-13)18(23)10-14-5-7-17(20)26-14/h2-9H,10-11H2,1H3. The van der Waals surface area contributed by atoms with Gasteiger partial charge in [-0.1, -0.05) is 22.9 Å². The molecule has 0 atom stereocenters. The van der Waals surface area contributed by atoms with Crippen LogP contribution < -0.4 is 9.64 Å². The molecular weight excluding hydrogens is 404 g/mol. The van der Waals surface area contributed by atoms with Crippen molar-refractivity contribution in [1.29, 1.82) is 0 Å². The summed E-state index contributed by atoms with van der Waals surface area (Å²) in [4.78, 5) is 20.3. The van der Waals surface area contributed by atoms with E-state index in [0.29, 0.717) is 21.8 Å². The number of nitrogens with zero attached hydrogens (tertiary/aromatic N) is 2. The van der Waals surface area contributed by atoms with E-state index in [-0.39, 0.29) is 12.3 Å². The molecule has 0 aliphatic carbocycles. The molecule has 1 amide bonds. The average molecular weight is 419 g/mol. The molecule has 0 aliphatic rings. The van der Waals surface area contributed by atoms with Gasteiger partial charge in [-0.25, -0.2) is 4.98 Å². The van der Waals surface area contributed by atoms with Gasteiger partial charge in [0, 0.05) is 10.9 Å². The molecule has 3 aromatic heterocycles. The lowest BCUT2D eigenvalue weighted by atomic mass is 10.3. The van der Waals surface area contributed by atoms with Gasteiger partial charge in [0.2, 0.25) is 5.91 Å². The van der Waals surface area contributed by atoms with Crippen LogP contribution in [0.15, 0.2) is 53.1 Å². The summed E-state index contributed by atoms with van der Waals surface area (Å²) in [5.41, 5.74) is 0.797. The van der Waals surface area contributed by atoms with Gasteiger partial charge in [-0.2, -0.15) is 0 Å². The predicted octanol–water partition coefficient (Wildman–Crippen LogP) is 5.39. The molecule has 0 saturated heterocycles. The number of carbonyl (C=O) groups is 1. The monoisotopic (exact) mass is 418 g/mol. The van der Waals surface area contributed by atoms with E-state index in [1.807, 2.05) is 30.3 Å². The Bertz CT molecular complexity index is 1070. The molecule has 4 aromatic rings. The van der Waals surface area contributed by atoms with Crippen LogP contribution in [0.2, 0.25) is 4.34 Å². The normalized spacial score (nSPS) is 11.0. The van der Waals surface area contributed by atoms with E-state index in [4.69, 9.17) is 20.8 Å². The Labute approximate surface area is 168 Å². The molecule has 0 fully saturated rings. The SMILES string of the molecule is COc1ccc2sc(N(Cc3ccco3)C(=O)Cc3ccc(Cl)s3)nc2c1. The average Bonchev–Trinajstić information content (AvgIpc) is 3.39. The number of carbonyl (C=O) groups excluding carboxylic acids is 1. The number of furan rings is 1. The maximum absolute atomic E-state index is 13.0. The van der Waals surface area contributed by atoms with Gasteiger partial charge in [0.05, 0.1) is 40.9 Å². The van der Waals surface area contributed by atoms with E-state index < -0.39 is 0 Å². The third-order valence-corrected chi connectivity index (χ3v) is 6.25. The molecule has 8 heteroatoms.